The predicted octanol–water partition coefficient (Wildman–Crippen LogP) is 3.23. The first kappa shape index (κ1) is 18.2. The van der Waals surface area contributed by atoms with Gasteiger partial charge in [-0.1, -0.05) is 24.3 Å². The fourth-order valence-electron chi connectivity index (χ4n) is 2.34. The van der Waals surface area contributed by atoms with Gasteiger partial charge in [0.1, 0.15) is 17.3 Å². The Morgan fingerprint density at radius 1 is 1.04 bits per heavy atom. The molecule has 0 saturated carbocycles. The van der Waals surface area contributed by atoms with E-state index in [1.807, 2.05) is 19.1 Å². The predicted molar refractivity (Wildman–Crippen MR) is 96.4 cm³/mol. The van der Waals surface area contributed by atoms with Crippen molar-refractivity contribution in [2.75, 3.05) is 6.61 Å². The summed E-state index contributed by atoms with van der Waals surface area (Å²) >= 11 is 0. The molecule has 6 nitrogen and oxygen atoms in total. The number of aryl methyl sites for hydroxylation is 1. The number of carbonyl (C=O) groups is 2. The molecule has 1 aromatic heterocycles. The average Bonchev–Trinajstić information content (AvgIpc) is 3.15. The van der Waals surface area contributed by atoms with Crippen LogP contribution in [-0.4, -0.2) is 18.4 Å². The van der Waals surface area contributed by atoms with E-state index in [9.17, 15) is 14.0 Å². The Hall–Kier alpha value is -3.61. The van der Waals surface area contributed by atoms with Crippen LogP contribution in [0.15, 0.2) is 65.1 Å². The Bertz CT molecular complexity index is 968. The van der Waals surface area contributed by atoms with Gasteiger partial charge in [-0.3, -0.25) is 20.4 Å². The molecule has 0 aliphatic carbocycles. The minimum Gasteiger partial charge on any atom is -0.484 e. The van der Waals surface area contributed by atoms with Crippen molar-refractivity contribution in [3.05, 3.63) is 77.8 Å². The van der Waals surface area contributed by atoms with Crippen LogP contribution in [0.1, 0.15) is 16.1 Å². The van der Waals surface area contributed by atoms with Gasteiger partial charge in [-0.15, -0.1) is 0 Å². The summed E-state index contributed by atoms with van der Waals surface area (Å²) in [6.45, 7) is 1.65. The summed E-state index contributed by atoms with van der Waals surface area (Å²) in [6, 6.07) is 16.2. The van der Waals surface area contributed by atoms with Crippen LogP contribution in [0.3, 0.4) is 0 Å². The summed E-state index contributed by atoms with van der Waals surface area (Å²) in [4.78, 5) is 23.8. The molecule has 0 bridgehead atoms. The molecule has 3 rings (SSSR count). The summed E-state index contributed by atoms with van der Waals surface area (Å²) in [7, 11) is 0. The number of furan rings is 1. The van der Waals surface area contributed by atoms with Crippen LogP contribution in [0.25, 0.3) is 11.3 Å². The first-order chi connectivity index (χ1) is 13.0. The molecule has 0 spiro atoms. The van der Waals surface area contributed by atoms with Gasteiger partial charge in [0.05, 0.1) is 5.56 Å². The van der Waals surface area contributed by atoms with Gasteiger partial charge in [0, 0.05) is 0 Å². The highest BCUT2D eigenvalue weighted by Gasteiger charge is 2.15. The quantitative estimate of drug-likeness (QED) is 0.678. The van der Waals surface area contributed by atoms with Crippen LogP contribution in [0, 0.1) is 12.7 Å². The molecule has 0 atom stereocenters. The molecule has 2 aromatic carbocycles. The number of halogens is 1. The fraction of sp³-hybridized carbons (Fsp3) is 0.100. The number of hydrogen-bond acceptors (Lipinski definition) is 4. The molecule has 0 radical (unpaired) electrons. The Labute approximate surface area is 154 Å². The van der Waals surface area contributed by atoms with E-state index in [4.69, 9.17) is 9.15 Å². The van der Waals surface area contributed by atoms with E-state index in [1.165, 1.54) is 18.2 Å². The van der Waals surface area contributed by atoms with Crippen molar-refractivity contribution >= 4 is 11.8 Å². The zero-order chi connectivity index (χ0) is 19.2. The number of amides is 2. The number of rotatable bonds is 5. The van der Waals surface area contributed by atoms with Gasteiger partial charge < -0.3 is 9.15 Å². The molecule has 0 unspecified atom stereocenters. The van der Waals surface area contributed by atoms with Crippen molar-refractivity contribution in [2.45, 2.75) is 6.92 Å². The SMILES string of the molecule is Cc1cccc(OCC(=O)NNC(=O)c2ccc(-c3ccccc3F)o2)c1. The number of carbonyl (C=O) groups excluding carboxylic acids is 2. The number of hydrazine groups is 1. The topological polar surface area (TPSA) is 80.6 Å². The van der Waals surface area contributed by atoms with Crippen molar-refractivity contribution < 1.29 is 23.1 Å². The third-order valence-electron chi connectivity index (χ3n) is 3.64. The van der Waals surface area contributed by atoms with Crippen LogP contribution >= 0.6 is 0 Å². The lowest BCUT2D eigenvalue weighted by molar-refractivity contribution is -0.123. The monoisotopic (exact) mass is 368 g/mol. The van der Waals surface area contributed by atoms with Crippen LogP contribution in [-0.2, 0) is 4.79 Å². The van der Waals surface area contributed by atoms with Crippen LogP contribution in [0.5, 0.6) is 5.75 Å². The lowest BCUT2D eigenvalue weighted by Crippen LogP contribution is -2.43. The third kappa shape index (κ3) is 4.72. The smallest absolute Gasteiger partial charge is 0.305 e. The zero-order valence-corrected chi connectivity index (χ0v) is 14.5. The van der Waals surface area contributed by atoms with Gasteiger partial charge in [-0.25, -0.2) is 4.39 Å². The van der Waals surface area contributed by atoms with Crippen molar-refractivity contribution in [1.29, 1.82) is 0 Å². The standard InChI is InChI=1S/C20H17FN2O4/c1-13-5-4-6-14(11-13)26-12-19(24)22-23-20(25)18-10-9-17(27-18)15-7-2-3-8-16(15)21/h2-11H,12H2,1H3,(H,22,24)(H,23,25). The van der Waals surface area contributed by atoms with Gasteiger partial charge in [0.15, 0.2) is 12.4 Å². The molecule has 2 amide bonds. The van der Waals surface area contributed by atoms with Crippen LogP contribution in [0.4, 0.5) is 4.39 Å². The van der Waals surface area contributed by atoms with E-state index in [1.54, 1.807) is 30.3 Å². The van der Waals surface area contributed by atoms with Gasteiger partial charge >= 0.3 is 5.91 Å². The molecule has 1 heterocycles. The number of nitrogens with one attached hydrogen (secondary N) is 2. The molecule has 7 heteroatoms. The molecule has 2 N–H and O–H groups in total. The minimum absolute atomic E-state index is 0.0619. The molecular formula is C20H17FN2O4. The van der Waals surface area contributed by atoms with Crippen molar-refractivity contribution in [2.24, 2.45) is 0 Å². The Morgan fingerprint density at radius 3 is 2.63 bits per heavy atom. The molecule has 0 aliphatic rings. The Balaban J connectivity index is 1.52. The molecule has 27 heavy (non-hydrogen) atoms. The number of ether oxygens (including phenoxy) is 1. The van der Waals surface area contributed by atoms with Gasteiger partial charge in [-0.2, -0.15) is 0 Å². The second-order valence-corrected chi connectivity index (χ2v) is 5.75. The second-order valence-electron chi connectivity index (χ2n) is 5.75. The maximum Gasteiger partial charge on any atom is 0.305 e. The first-order valence-electron chi connectivity index (χ1n) is 8.16. The van der Waals surface area contributed by atoms with E-state index in [0.29, 0.717) is 5.75 Å². The summed E-state index contributed by atoms with van der Waals surface area (Å²) < 4.78 is 24.4. The van der Waals surface area contributed by atoms with E-state index < -0.39 is 17.6 Å². The minimum atomic E-state index is -0.665. The van der Waals surface area contributed by atoms with Crippen LogP contribution < -0.4 is 15.6 Å². The Morgan fingerprint density at radius 2 is 1.85 bits per heavy atom. The Kier molecular flexibility index (Phi) is 5.51. The van der Waals surface area contributed by atoms with Crippen molar-refractivity contribution in [1.82, 2.24) is 10.9 Å². The summed E-state index contributed by atoms with van der Waals surface area (Å²) in [5.74, 6) is -0.954. The highest BCUT2D eigenvalue weighted by molar-refractivity contribution is 5.93. The second kappa shape index (κ2) is 8.18. The molecular weight excluding hydrogens is 351 g/mol. The maximum atomic E-state index is 13.8. The summed E-state index contributed by atoms with van der Waals surface area (Å²) in [5, 5.41) is 0. The van der Waals surface area contributed by atoms with Gasteiger partial charge in [0.25, 0.3) is 5.91 Å². The highest BCUT2D eigenvalue weighted by Crippen LogP contribution is 2.24. The van der Waals surface area contributed by atoms with E-state index >= 15 is 0 Å². The fourth-order valence-corrected chi connectivity index (χ4v) is 2.34. The molecule has 0 fully saturated rings. The van der Waals surface area contributed by atoms with Crippen LogP contribution in [0.2, 0.25) is 0 Å². The molecule has 3 aromatic rings. The normalized spacial score (nSPS) is 10.3. The lowest BCUT2D eigenvalue weighted by Gasteiger charge is -2.08. The first-order valence-corrected chi connectivity index (χ1v) is 8.16. The highest BCUT2D eigenvalue weighted by atomic mass is 19.1. The van der Waals surface area contributed by atoms with E-state index in [0.717, 1.165) is 5.56 Å². The summed E-state index contributed by atoms with van der Waals surface area (Å²) in [5.41, 5.74) is 5.70. The lowest BCUT2D eigenvalue weighted by atomic mass is 10.1. The maximum absolute atomic E-state index is 13.8. The average molecular weight is 368 g/mol. The molecule has 138 valence electrons. The van der Waals surface area contributed by atoms with E-state index in [-0.39, 0.29) is 23.7 Å². The summed E-state index contributed by atoms with van der Waals surface area (Å²) in [6.07, 6.45) is 0. The zero-order valence-electron chi connectivity index (χ0n) is 14.5. The van der Waals surface area contributed by atoms with E-state index in [2.05, 4.69) is 10.9 Å². The van der Waals surface area contributed by atoms with Crippen molar-refractivity contribution in [3.8, 4) is 17.1 Å². The van der Waals surface area contributed by atoms with Gasteiger partial charge in [-0.05, 0) is 48.9 Å². The largest absolute Gasteiger partial charge is 0.484 e. The molecule has 0 aliphatic heterocycles. The molecule has 0 saturated heterocycles. The number of benzene rings is 2. The van der Waals surface area contributed by atoms with Gasteiger partial charge in [0.2, 0.25) is 0 Å². The van der Waals surface area contributed by atoms with Crippen molar-refractivity contribution in [3.63, 3.8) is 0 Å². The number of hydrogen-bond donors (Lipinski definition) is 2. The third-order valence-corrected chi connectivity index (χ3v) is 3.64.